The van der Waals surface area contributed by atoms with Crippen LogP contribution in [0.15, 0.2) is 53.7 Å². The summed E-state index contributed by atoms with van der Waals surface area (Å²) in [6.45, 7) is 4.42. The van der Waals surface area contributed by atoms with E-state index in [1.54, 1.807) is 11.8 Å². The van der Waals surface area contributed by atoms with Gasteiger partial charge in [0.05, 0.1) is 23.3 Å². The molecule has 3 aromatic rings. The van der Waals surface area contributed by atoms with Crippen molar-refractivity contribution in [1.82, 2.24) is 14.8 Å². The molecule has 28 heavy (non-hydrogen) atoms. The van der Waals surface area contributed by atoms with Gasteiger partial charge in [0.25, 0.3) is 0 Å². The van der Waals surface area contributed by atoms with Crippen molar-refractivity contribution in [2.24, 2.45) is 0 Å². The second kappa shape index (κ2) is 9.29. The minimum absolute atomic E-state index is 0.568. The van der Waals surface area contributed by atoms with Crippen LogP contribution in [0.1, 0.15) is 11.4 Å². The molecule has 2 aromatic carbocycles. The van der Waals surface area contributed by atoms with Gasteiger partial charge in [0, 0.05) is 11.4 Å². The van der Waals surface area contributed by atoms with Gasteiger partial charge in [0.1, 0.15) is 19.6 Å². The standard InChI is InChI=1S/C20H20Cl2N4OS/c21-17-7-6-15(12-18(17)22)14-28-20-24-23-19(13-25-8-10-27-11-9-25)26(20)16-4-2-1-3-5-16/h1-7,12H,8-11,13-14H2/p+1. The van der Waals surface area contributed by atoms with Crippen molar-refractivity contribution >= 4 is 35.0 Å². The summed E-state index contributed by atoms with van der Waals surface area (Å²) in [7, 11) is 0. The van der Waals surface area contributed by atoms with E-state index in [1.165, 1.54) is 4.90 Å². The summed E-state index contributed by atoms with van der Waals surface area (Å²) in [4.78, 5) is 1.47. The minimum atomic E-state index is 0.568. The van der Waals surface area contributed by atoms with Gasteiger partial charge in [-0.1, -0.05) is 59.2 Å². The summed E-state index contributed by atoms with van der Waals surface area (Å²) >= 11 is 13.8. The highest BCUT2D eigenvalue weighted by molar-refractivity contribution is 7.98. The van der Waals surface area contributed by atoms with Crippen LogP contribution in [0.4, 0.5) is 0 Å². The molecule has 1 N–H and O–H groups in total. The lowest BCUT2D eigenvalue weighted by molar-refractivity contribution is -0.922. The van der Waals surface area contributed by atoms with Crippen molar-refractivity contribution in [3.63, 3.8) is 0 Å². The lowest BCUT2D eigenvalue weighted by Gasteiger charge is -2.23. The topological polar surface area (TPSA) is 44.4 Å². The molecule has 1 aliphatic rings. The zero-order valence-corrected chi connectivity index (χ0v) is 17.6. The largest absolute Gasteiger partial charge is 0.370 e. The predicted molar refractivity (Wildman–Crippen MR) is 113 cm³/mol. The SMILES string of the molecule is Clc1ccc(CSc2nnc(C[NH+]3CCOCC3)n2-c2ccccc2)cc1Cl. The van der Waals surface area contributed by atoms with E-state index in [2.05, 4.69) is 26.9 Å². The van der Waals surface area contributed by atoms with Gasteiger partial charge >= 0.3 is 0 Å². The number of thioether (sulfide) groups is 1. The maximum atomic E-state index is 6.15. The zero-order chi connectivity index (χ0) is 19.3. The first-order valence-corrected chi connectivity index (χ1v) is 10.9. The van der Waals surface area contributed by atoms with Gasteiger partial charge in [-0.3, -0.25) is 4.57 Å². The van der Waals surface area contributed by atoms with Crippen molar-refractivity contribution in [3.8, 4) is 5.69 Å². The number of hydrogen-bond acceptors (Lipinski definition) is 4. The van der Waals surface area contributed by atoms with E-state index < -0.39 is 0 Å². The van der Waals surface area contributed by atoms with Crippen molar-refractivity contribution < 1.29 is 9.64 Å². The quantitative estimate of drug-likeness (QED) is 0.603. The molecule has 4 rings (SSSR count). The van der Waals surface area contributed by atoms with E-state index >= 15 is 0 Å². The van der Waals surface area contributed by atoms with Crippen LogP contribution in [0.25, 0.3) is 5.69 Å². The van der Waals surface area contributed by atoms with Crippen LogP contribution >= 0.6 is 35.0 Å². The second-order valence-corrected chi connectivity index (χ2v) is 8.40. The van der Waals surface area contributed by atoms with Crippen LogP contribution in [0.2, 0.25) is 10.0 Å². The highest BCUT2D eigenvalue weighted by Crippen LogP contribution is 2.28. The van der Waals surface area contributed by atoms with Crippen LogP contribution in [0.3, 0.4) is 0 Å². The molecule has 0 saturated carbocycles. The first-order chi connectivity index (χ1) is 13.7. The van der Waals surface area contributed by atoms with Crippen LogP contribution < -0.4 is 4.90 Å². The molecule has 0 spiro atoms. The summed E-state index contributed by atoms with van der Waals surface area (Å²) in [5.41, 5.74) is 2.18. The van der Waals surface area contributed by atoms with E-state index in [1.807, 2.05) is 36.4 Å². The summed E-state index contributed by atoms with van der Waals surface area (Å²) < 4.78 is 7.63. The molecule has 0 atom stereocenters. The average molecular weight is 436 g/mol. The molecule has 0 unspecified atom stereocenters. The summed E-state index contributed by atoms with van der Waals surface area (Å²) in [5, 5.41) is 11.0. The highest BCUT2D eigenvalue weighted by Gasteiger charge is 2.21. The van der Waals surface area contributed by atoms with Gasteiger partial charge in [-0.25, -0.2) is 0 Å². The fourth-order valence-corrected chi connectivity index (χ4v) is 4.42. The van der Waals surface area contributed by atoms with Gasteiger partial charge < -0.3 is 9.64 Å². The molecule has 1 fully saturated rings. The number of rotatable bonds is 6. The number of hydrogen-bond donors (Lipinski definition) is 1. The third kappa shape index (κ3) is 4.70. The Bertz CT molecular complexity index is 929. The lowest BCUT2D eigenvalue weighted by atomic mass is 10.2. The van der Waals surface area contributed by atoms with Gasteiger partial charge in [0.15, 0.2) is 11.0 Å². The molecule has 0 bridgehead atoms. The molecule has 146 valence electrons. The Balaban J connectivity index is 1.58. The van der Waals surface area contributed by atoms with Crippen LogP contribution in [-0.4, -0.2) is 41.1 Å². The maximum Gasteiger partial charge on any atom is 0.196 e. The number of aromatic nitrogens is 3. The molecule has 5 nitrogen and oxygen atoms in total. The number of benzene rings is 2. The molecule has 0 amide bonds. The number of para-hydroxylation sites is 1. The van der Waals surface area contributed by atoms with Crippen LogP contribution in [0, 0.1) is 0 Å². The predicted octanol–water partition coefficient (Wildman–Crippen LogP) is 3.28. The average Bonchev–Trinajstić information content (AvgIpc) is 3.12. The second-order valence-electron chi connectivity index (χ2n) is 6.65. The normalized spacial score (nSPS) is 15.1. The van der Waals surface area contributed by atoms with Gasteiger partial charge in [0.2, 0.25) is 0 Å². The van der Waals surface area contributed by atoms with Gasteiger partial charge in [-0.2, -0.15) is 0 Å². The van der Waals surface area contributed by atoms with Crippen molar-refractivity contribution in [2.75, 3.05) is 26.3 Å². The first kappa shape index (κ1) is 19.7. The third-order valence-corrected chi connectivity index (χ3v) is 6.41. The third-order valence-electron chi connectivity index (χ3n) is 4.67. The van der Waals surface area contributed by atoms with E-state index in [4.69, 9.17) is 27.9 Å². The highest BCUT2D eigenvalue weighted by atomic mass is 35.5. The monoisotopic (exact) mass is 435 g/mol. The van der Waals surface area contributed by atoms with Crippen molar-refractivity contribution in [3.05, 3.63) is 70.0 Å². The molecular formula is C20H21Cl2N4OS+. The Hall–Kier alpha value is -1.57. The van der Waals surface area contributed by atoms with Crippen molar-refractivity contribution in [2.45, 2.75) is 17.5 Å². The minimum Gasteiger partial charge on any atom is -0.370 e. The maximum absolute atomic E-state index is 6.15. The molecule has 1 saturated heterocycles. The number of morpholine rings is 1. The summed E-state index contributed by atoms with van der Waals surface area (Å²) in [6.07, 6.45) is 0. The lowest BCUT2D eigenvalue weighted by Crippen LogP contribution is -3.12. The number of nitrogens with one attached hydrogen (secondary N) is 1. The summed E-state index contributed by atoms with van der Waals surface area (Å²) in [5.74, 6) is 1.71. The van der Waals surface area contributed by atoms with E-state index in [0.717, 1.165) is 60.8 Å². The molecule has 2 heterocycles. The Kier molecular flexibility index (Phi) is 6.54. The molecular weight excluding hydrogens is 415 g/mol. The molecule has 0 radical (unpaired) electrons. The molecule has 8 heteroatoms. The Morgan fingerprint density at radius 1 is 1.00 bits per heavy atom. The zero-order valence-electron chi connectivity index (χ0n) is 15.3. The Labute approximate surface area is 178 Å². The fourth-order valence-electron chi connectivity index (χ4n) is 3.18. The smallest absolute Gasteiger partial charge is 0.196 e. The van der Waals surface area contributed by atoms with E-state index in [-0.39, 0.29) is 0 Å². The number of halogens is 2. The van der Waals surface area contributed by atoms with Crippen LogP contribution in [0.5, 0.6) is 0 Å². The van der Waals surface area contributed by atoms with Gasteiger partial charge in [-0.15, -0.1) is 10.2 Å². The Morgan fingerprint density at radius 2 is 1.79 bits per heavy atom. The molecule has 0 aliphatic carbocycles. The van der Waals surface area contributed by atoms with E-state index in [0.29, 0.717) is 10.0 Å². The fraction of sp³-hybridized carbons (Fsp3) is 0.300. The first-order valence-electron chi connectivity index (χ1n) is 9.18. The molecule has 1 aliphatic heterocycles. The summed E-state index contributed by atoms with van der Waals surface area (Å²) in [6, 6.07) is 16.0. The number of nitrogens with zero attached hydrogens (tertiary/aromatic N) is 3. The number of quaternary nitrogens is 1. The molecule has 1 aromatic heterocycles. The van der Waals surface area contributed by atoms with Gasteiger partial charge in [-0.05, 0) is 29.8 Å². The number of ether oxygens (including phenoxy) is 1. The Morgan fingerprint density at radius 3 is 2.54 bits per heavy atom. The van der Waals surface area contributed by atoms with E-state index in [9.17, 15) is 0 Å². The van der Waals surface area contributed by atoms with Crippen LogP contribution in [-0.2, 0) is 17.0 Å². The van der Waals surface area contributed by atoms with Crippen molar-refractivity contribution in [1.29, 1.82) is 0 Å².